The molecule has 2 aromatic rings. The van der Waals surface area contributed by atoms with E-state index < -0.39 is 0 Å². The van der Waals surface area contributed by atoms with Crippen molar-refractivity contribution in [2.45, 2.75) is 6.54 Å². The van der Waals surface area contributed by atoms with Gasteiger partial charge in [0, 0.05) is 6.54 Å². The normalized spacial score (nSPS) is 9.68. The van der Waals surface area contributed by atoms with Crippen molar-refractivity contribution in [2.75, 3.05) is 12.4 Å². The summed E-state index contributed by atoms with van der Waals surface area (Å²) in [5, 5.41) is 21.7. The fourth-order valence-electron chi connectivity index (χ4n) is 1.83. The summed E-state index contributed by atoms with van der Waals surface area (Å²) in [7, 11) is 1.57. The van der Waals surface area contributed by atoms with Crippen molar-refractivity contribution in [3.8, 4) is 17.6 Å². The Morgan fingerprint density at radius 3 is 2.74 bits per heavy atom. The van der Waals surface area contributed by atoms with Crippen molar-refractivity contribution in [1.82, 2.24) is 0 Å². The van der Waals surface area contributed by atoms with Crippen LogP contribution in [0.4, 0.5) is 5.69 Å². The molecule has 0 spiro atoms. The standard InChI is InChI=1S/C15H14N2O2/c1-19-14-7-3-5-12(9-16)15(14)17-10-11-4-2-6-13(18)8-11/h2-8,17-18H,10H2,1H3. The highest BCUT2D eigenvalue weighted by molar-refractivity contribution is 5.66. The Hall–Kier alpha value is -2.67. The predicted octanol–water partition coefficient (Wildman–Crippen LogP) is 2.88. The van der Waals surface area contributed by atoms with Gasteiger partial charge in [0.2, 0.25) is 0 Å². The summed E-state index contributed by atoms with van der Waals surface area (Å²) in [4.78, 5) is 0. The molecule has 2 N–H and O–H groups in total. The number of anilines is 1. The lowest BCUT2D eigenvalue weighted by molar-refractivity contribution is 0.416. The molecule has 0 heterocycles. The van der Waals surface area contributed by atoms with E-state index in [1.165, 1.54) is 0 Å². The van der Waals surface area contributed by atoms with Gasteiger partial charge in [-0.15, -0.1) is 0 Å². The number of nitriles is 1. The van der Waals surface area contributed by atoms with Crippen molar-refractivity contribution in [2.24, 2.45) is 0 Å². The predicted molar refractivity (Wildman–Crippen MR) is 73.1 cm³/mol. The van der Waals surface area contributed by atoms with E-state index in [2.05, 4.69) is 11.4 Å². The van der Waals surface area contributed by atoms with Gasteiger partial charge < -0.3 is 15.2 Å². The second-order valence-corrected chi connectivity index (χ2v) is 4.02. The fraction of sp³-hybridized carbons (Fsp3) is 0.133. The third-order valence-electron chi connectivity index (χ3n) is 2.75. The second-order valence-electron chi connectivity index (χ2n) is 4.02. The molecule has 0 unspecified atom stereocenters. The van der Waals surface area contributed by atoms with Crippen LogP contribution in [0.15, 0.2) is 42.5 Å². The van der Waals surface area contributed by atoms with Gasteiger partial charge >= 0.3 is 0 Å². The highest BCUT2D eigenvalue weighted by Crippen LogP contribution is 2.28. The van der Waals surface area contributed by atoms with Gasteiger partial charge in [-0.05, 0) is 29.8 Å². The minimum atomic E-state index is 0.222. The Morgan fingerprint density at radius 2 is 2.05 bits per heavy atom. The maximum absolute atomic E-state index is 9.41. The summed E-state index contributed by atoms with van der Waals surface area (Å²) in [6.07, 6.45) is 0. The molecule has 0 fully saturated rings. The molecule has 2 rings (SSSR count). The van der Waals surface area contributed by atoms with Crippen LogP contribution >= 0.6 is 0 Å². The lowest BCUT2D eigenvalue weighted by atomic mass is 10.1. The van der Waals surface area contributed by atoms with Gasteiger partial charge in [0.15, 0.2) is 0 Å². The number of nitrogens with zero attached hydrogens (tertiary/aromatic N) is 1. The molecule has 0 saturated carbocycles. The molecule has 4 heteroatoms. The molecule has 0 aliphatic rings. The van der Waals surface area contributed by atoms with E-state index in [1.54, 1.807) is 43.5 Å². The summed E-state index contributed by atoms with van der Waals surface area (Å²) >= 11 is 0. The van der Waals surface area contributed by atoms with Crippen LogP contribution in [-0.2, 0) is 6.54 Å². The average molecular weight is 254 g/mol. The van der Waals surface area contributed by atoms with Crippen molar-refractivity contribution in [3.63, 3.8) is 0 Å². The van der Waals surface area contributed by atoms with E-state index in [9.17, 15) is 5.11 Å². The summed E-state index contributed by atoms with van der Waals surface area (Å²) in [5.74, 6) is 0.846. The van der Waals surface area contributed by atoms with E-state index in [4.69, 9.17) is 10.00 Å². The molecule has 19 heavy (non-hydrogen) atoms. The van der Waals surface area contributed by atoms with Crippen molar-refractivity contribution < 1.29 is 9.84 Å². The van der Waals surface area contributed by atoms with E-state index in [1.807, 2.05) is 6.07 Å². The van der Waals surface area contributed by atoms with E-state index in [-0.39, 0.29) is 5.75 Å². The van der Waals surface area contributed by atoms with Gasteiger partial charge in [0.1, 0.15) is 17.6 Å². The first-order valence-corrected chi connectivity index (χ1v) is 5.83. The molecule has 0 saturated heterocycles. The number of phenols is 1. The Bertz CT molecular complexity index is 618. The van der Waals surface area contributed by atoms with Crippen molar-refractivity contribution >= 4 is 5.69 Å². The van der Waals surface area contributed by atoms with Gasteiger partial charge in [0.05, 0.1) is 18.4 Å². The number of nitrogens with one attached hydrogen (secondary N) is 1. The third-order valence-corrected chi connectivity index (χ3v) is 2.75. The van der Waals surface area contributed by atoms with Crippen LogP contribution in [0.2, 0.25) is 0 Å². The molecule has 0 atom stereocenters. The number of rotatable bonds is 4. The summed E-state index contributed by atoms with van der Waals surface area (Å²) in [6, 6.07) is 14.4. The Morgan fingerprint density at radius 1 is 1.26 bits per heavy atom. The third kappa shape index (κ3) is 2.96. The molecular weight excluding hydrogens is 240 g/mol. The molecule has 0 radical (unpaired) electrons. The average Bonchev–Trinajstić information content (AvgIpc) is 2.44. The van der Waals surface area contributed by atoms with Gasteiger partial charge in [0.25, 0.3) is 0 Å². The molecule has 0 amide bonds. The number of ether oxygens (including phenoxy) is 1. The number of methoxy groups -OCH3 is 1. The second kappa shape index (κ2) is 5.78. The molecular formula is C15H14N2O2. The molecule has 0 aliphatic carbocycles. The lowest BCUT2D eigenvalue weighted by Crippen LogP contribution is -2.03. The quantitative estimate of drug-likeness (QED) is 0.880. The molecule has 2 aromatic carbocycles. The van der Waals surface area contributed by atoms with Crippen LogP contribution in [-0.4, -0.2) is 12.2 Å². The molecule has 0 aliphatic heterocycles. The number of hydrogen-bond donors (Lipinski definition) is 2. The summed E-state index contributed by atoms with van der Waals surface area (Å²) in [5.41, 5.74) is 2.12. The minimum absolute atomic E-state index is 0.222. The van der Waals surface area contributed by atoms with Crippen LogP contribution in [0.1, 0.15) is 11.1 Å². The number of aromatic hydroxyl groups is 1. The van der Waals surface area contributed by atoms with E-state index in [0.29, 0.717) is 23.5 Å². The summed E-state index contributed by atoms with van der Waals surface area (Å²) < 4.78 is 5.24. The van der Waals surface area contributed by atoms with Gasteiger partial charge in [-0.3, -0.25) is 0 Å². The molecule has 0 aromatic heterocycles. The zero-order valence-corrected chi connectivity index (χ0v) is 10.6. The van der Waals surface area contributed by atoms with E-state index >= 15 is 0 Å². The maximum Gasteiger partial charge on any atom is 0.143 e. The van der Waals surface area contributed by atoms with Crippen molar-refractivity contribution in [1.29, 1.82) is 5.26 Å². The van der Waals surface area contributed by atoms with Crippen LogP contribution in [0, 0.1) is 11.3 Å². The largest absolute Gasteiger partial charge is 0.508 e. The zero-order valence-electron chi connectivity index (χ0n) is 10.6. The van der Waals surface area contributed by atoms with Gasteiger partial charge in [-0.2, -0.15) is 5.26 Å². The number of para-hydroxylation sites is 1. The van der Waals surface area contributed by atoms with Gasteiger partial charge in [-0.1, -0.05) is 18.2 Å². The topological polar surface area (TPSA) is 65.3 Å². The highest BCUT2D eigenvalue weighted by Gasteiger charge is 2.08. The fourth-order valence-corrected chi connectivity index (χ4v) is 1.83. The molecule has 96 valence electrons. The summed E-state index contributed by atoms with van der Waals surface area (Å²) in [6.45, 7) is 0.503. The van der Waals surface area contributed by atoms with Gasteiger partial charge in [-0.25, -0.2) is 0 Å². The monoisotopic (exact) mass is 254 g/mol. The SMILES string of the molecule is COc1cccc(C#N)c1NCc1cccc(O)c1. The van der Waals surface area contributed by atoms with Crippen LogP contribution in [0.25, 0.3) is 0 Å². The minimum Gasteiger partial charge on any atom is -0.508 e. The Balaban J connectivity index is 2.22. The first kappa shape index (κ1) is 12.8. The molecule has 4 nitrogen and oxygen atoms in total. The van der Waals surface area contributed by atoms with Crippen molar-refractivity contribution in [3.05, 3.63) is 53.6 Å². The first-order chi connectivity index (χ1) is 9.24. The lowest BCUT2D eigenvalue weighted by Gasteiger charge is -2.12. The highest BCUT2D eigenvalue weighted by atomic mass is 16.5. The first-order valence-electron chi connectivity index (χ1n) is 5.83. The van der Waals surface area contributed by atoms with Crippen LogP contribution < -0.4 is 10.1 Å². The number of hydrogen-bond acceptors (Lipinski definition) is 4. The van der Waals surface area contributed by atoms with E-state index in [0.717, 1.165) is 5.56 Å². The zero-order chi connectivity index (χ0) is 13.7. The maximum atomic E-state index is 9.41. The van der Waals surface area contributed by atoms with Crippen LogP contribution in [0.5, 0.6) is 11.5 Å². The Kier molecular flexibility index (Phi) is 3.89. The molecule has 0 bridgehead atoms. The number of phenolic OH excluding ortho intramolecular Hbond substituents is 1. The number of benzene rings is 2. The van der Waals surface area contributed by atoms with Crippen LogP contribution in [0.3, 0.4) is 0 Å². The Labute approximate surface area is 111 Å². The smallest absolute Gasteiger partial charge is 0.143 e.